The first-order valence-electron chi connectivity index (χ1n) is 14.5. The van der Waals surface area contributed by atoms with Crippen LogP contribution in [0.4, 0.5) is 0 Å². The lowest BCUT2D eigenvalue weighted by Crippen LogP contribution is -2.46. The second kappa shape index (κ2) is 11.9. The lowest BCUT2D eigenvalue weighted by atomic mass is 9.94. The second-order valence-electron chi connectivity index (χ2n) is 11.4. The molecule has 3 aromatic rings. The van der Waals surface area contributed by atoms with Crippen molar-refractivity contribution in [3.05, 3.63) is 82.7 Å². The summed E-state index contributed by atoms with van der Waals surface area (Å²) in [6.45, 7) is 17.1. The van der Waals surface area contributed by atoms with Gasteiger partial charge >= 0.3 is 0 Å². The number of aryl methyl sites for hydroxylation is 2. The number of benzene rings is 2. The highest BCUT2D eigenvalue weighted by molar-refractivity contribution is 5.82. The van der Waals surface area contributed by atoms with E-state index in [1.165, 1.54) is 66.1 Å². The fourth-order valence-electron chi connectivity index (χ4n) is 6.23. The van der Waals surface area contributed by atoms with E-state index in [-0.39, 0.29) is 6.10 Å². The predicted molar refractivity (Wildman–Crippen MR) is 155 cm³/mol. The molecular formula is C33H45N3O. The highest BCUT2D eigenvalue weighted by atomic mass is 16.5. The van der Waals surface area contributed by atoms with Crippen LogP contribution >= 0.6 is 0 Å². The summed E-state index contributed by atoms with van der Waals surface area (Å²) in [5, 5.41) is 1.32. The molecule has 0 spiro atoms. The minimum Gasteiger partial charge on any atom is -0.369 e. The normalized spacial score (nSPS) is 19.4. The fraction of sp³-hybridized carbons (Fsp3) is 0.515. The van der Waals surface area contributed by atoms with E-state index in [0.717, 1.165) is 45.0 Å². The molecule has 5 rings (SSSR count). The highest BCUT2D eigenvalue weighted by Crippen LogP contribution is 2.28. The van der Waals surface area contributed by atoms with Gasteiger partial charge in [0.15, 0.2) is 0 Å². The summed E-state index contributed by atoms with van der Waals surface area (Å²) >= 11 is 0. The lowest BCUT2D eigenvalue weighted by molar-refractivity contribution is -0.0259. The first-order valence-corrected chi connectivity index (χ1v) is 14.5. The third-order valence-corrected chi connectivity index (χ3v) is 8.61. The molecule has 1 aliphatic carbocycles. The number of fused-ring (bicyclic) bond motifs is 2. The Hall–Kier alpha value is -2.56. The minimum atomic E-state index is 0.0326. The number of nitrogens with one attached hydrogen (secondary N) is 1. The minimum absolute atomic E-state index is 0.0326. The fourth-order valence-corrected chi connectivity index (χ4v) is 6.23. The van der Waals surface area contributed by atoms with Crippen molar-refractivity contribution in [3.63, 3.8) is 0 Å². The van der Waals surface area contributed by atoms with Crippen LogP contribution < -0.4 is 0 Å². The molecule has 1 aliphatic heterocycles. The Kier molecular flexibility index (Phi) is 8.36. The average Bonchev–Trinajstić information content (AvgIpc) is 3.26. The Labute approximate surface area is 223 Å². The van der Waals surface area contributed by atoms with Gasteiger partial charge in [0.05, 0.1) is 6.61 Å². The van der Waals surface area contributed by atoms with Crippen LogP contribution in [0.3, 0.4) is 0 Å². The second-order valence-corrected chi connectivity index (χ2v) is 11.4. The van der Waals surface area contributed by atoms with E-state index >= 15 is 0 Å². The molecule has 0 saturated carbocycles. The molecule has 2 heterocycles. The summed E-state index contributed by atoms with van der Waals surface area (Å²) in [4.78, 5) is 8.41. The zero-order chi connectivity index (χ0) is 25.8. The van der Waals surface area contributed by atoms with Gasteiger partial charge in [-0.25, -0.2) is 0 Å². The van der Waals surface area contributed by atoms with Crippen LogP contribution in [0, 0.1) is 12.8 Å². The third kappa shape index (κ3) is 6.13. The summed E-state index contributed by atoms with van der Waals surface area (Å²) in [5.41, 5.74) is 9.82. The molecule has 0 radical (unpaired) electrons. The molecule has 2 unspecified atom stereocenters. The topological polar surface area (TPSA) is 31.5 Å². The summed E-state index contributed by atoms with van der Waals surface area (Å²) in [6, 6.07) is 13.7. The molecule has 198 valence electrons. The SMILES string of the molecule is C=C(C1CN(Cc2cccc3[nH]ccc23)CCO1)N(Cc1cc(C)c2c(c1)CCCCC2)CC(C)CC. The number of morpholine rings is 1. The van der Waals surface area contributed by atoms with Crippen LogP contribution in [0.1, 0.15) is 67.3 Å². The average molecular weight is 500 g/mol. The van der Waals surface area contributed by atoms with E-state index < -0.39 is 0 Å². The van der Waals surface area contributed by atoms with Crippen molar-refractivity contribution >= 4 is 10.9 Å². The van der Waals surface area contributed by atoms with Crippen molar-refractivity contribution < 1.29 is 4.74 Å². The van der Waals surface area contributed by atoms with E-state index in [1.54, 1.807) is 11.1 Å². The van der Waals surface area contributed by atoms with Gasteiger partial charge in [-0.1, -0.05) is 57.5 Å². The number of hydrogen-bond acceptors (Lipinski definition) is 3. The largest absolute Gasteiger partial charge is 0.369 e. The first kappa shape index (κ1) is 26.1. The molecule has 1 saturated heterocycles. The van der Waals surface area contributed by atoms with Crippen LogP contribution in [0.5, 0.6) is 0 Å². The molecule has 0 amide bonds. The molecule has 2 atom stereocenters. The number of ether oxygens (including phenoxy) is 1. The highest BCUT2D eigenvalue weighted by Gasteiger charge is 2.27. The Morgan fingerprint density at radius 1 is 1.19 bits per heavy atom. The lowest BCUT2D eigenvalue weighted by Gasteiger charge is -2.39. The van der Waals surface area contributed by atoms with E-state index in [9.17, 15) is 0 Å². The maximum absolute atomic E-state index is 6.36. The maximum Gasteiger partial charge on any atom is 0.109 e. The van der Waals surface area contributed by atoms with Gasteiger partial charge in [0, 0.05) is 55.5 Å². The van der Waals surface area contributed by atoms with Crippen LogP contribution in [0.2, 0.25) is 0 Å². The van der Waals surface area contributed by atoms with Gasteiger partial charge in [0.1, 0.15) is 6.10 Å². The van der Waals surface area contributed by atoms with Crippen molar-refractivity contribution in [1.82, 2.24) is 14.8 Å². The summed E-state index contributed by atoms with van der Waals surface area (Å²) in [6.07, 6.45) is 9.72. The van der Waals surface area contributed by atoms with Crippen LogP contribution in [-0.2, 0) is 30.7 Å². The standard InChI is InChI=1S/C33H45N3O/c1-5-24(2)20-36(21-27-18-25(3)30-12-8-6-7-10-28(30)19-27)26(4)33-23-35(16-17-37-33)22-29-11-9-13-32-31(29)14-15-34-32/h9,11,13-15,18-19,24,33-34H,4-8,10,12,16-17,20-23H2,1-3H3. The number of aromatic nitrogens is 1. The molecule has 1 fully saturated rings. The Morgan fingerprint density at radius 3 is 2.92 bits per heavy atom. The molecule has 0 bridgehead atoms. The first-order chi connectivity index (χ1) is 18.0. The number of H-pyrrole nitrogens is 1. The summed E-state index contributed by atoms with van der Waals surface area (Å²) in [5.74, 6) is 0.615. The number of aromatic amines is 1. The number of hydrogen-bond donors (Lipinski definition) is 1. The smallest absolute Gasteiger partial charge is 0.109 e. The van der Waals surface area contributed by atoms with E-state index in [1.807, 2.05) is 6.20 Å². The quantitative estimate of drug-likeness (QED) is 0.321. The Bertz CT molecular complexity index is 1210. The van der Waals surface area contributed by atoms with Crippen molar-refractivity contribution in [1.29, 1.82) is 0 Å². The molecule has 1 aromatic heterocycles. The molecule has 4 heteroatoms. The van der Waals surface area contributed by atoms with Gasteiger partial charge in [-0.3, -0.25) is 4.90 Å². The summed E-state index contributed by atoms with van der Waals surface area (Å²) < 4.78 is 6.36. The Morgan fingerprint density at radius 2 is 2.05 bits per heavy atom. The predicted octanol–water partition coefficient (Wildman–Crippen LogP) is 7.01. The third-order valence-electron chi connectivity index (χ3n) is 8.61. The van der Waals surface area contributed by atoms with E-state index in [4.69, 9.17) is 4.74 Å². The van der Waals surface area contributed by atoms with Crippen molar-refractivity contribution in [2.75, 3.05) is 26.2 Å². The molecular weight excluding hydrogens is 454 g/mol. The van der Waals surface area contributed by atoms with Gasteiger partial charge in [0.25, 0.3) is 0 Å². The molecule has 2 aromatic carbocycles. The van der Waals surface area contributed by atoms with Crippen LogP contribution in [-0.4, -0.2) is 47.1 Å². The summed E-state index contributed by atoms with van der Waals surface area (Å²) in [7, 11) is 0. The van der Waals surface area contributed by atoms with Gasteiger partial charge in [-0.05, 0) is 78.5 Å². The van der Waals surface area contributed by atoms with Crippen LogP contribution in [0.25, 0.3) is 10.9 Å². The van der Waals surface area contributed by atoms with E-state index in [0.29, 0.717) is 5.92 Å². The van der Waals surface area contributed by atoms with Crippen LogP contribution in [0.15, 0.2) is 54.9 Å². The molecule has 1 N–H and O–H groups in total. The Balaban J connectivity index is 1.31. The van der Waals surface area contributed by atoms with Gasteiger partial charge in [-0.2, -0.15) is 0 Å². The van der Waals surface area contributed by atoms with E-state index in [2.05, 4.69) is 78.5 Å². The molecule has 37 heavy (non-hydrogen) atoms. The number of rotatable bonds is 9. The number of nitrogens with zero attached hydrogens (tertiary/aromatic N) is 2. The molecule has 4 nitrogen and oxygen atoms in total. The van der Waals surface area contributed by atoms with Gasteiger partial charge < -0.3 is 14.6 Å². The zero-order valence-corrected chi connectivity index (χ0v) is 23.2. The van der Waals surface area contributed by atoms with Crippen molar-refractivity contribution in [3.8, 4) is 0 Å². The maximum atomic E-state index is 6.36. The van der Waals surface area contributed by atoms with Gasteiger partial charge in [0.2, 0.25) is 0 Å². The van der Waals surface area contributed by atoms with Crippen molar-refractivity contribution in [2.45, 2.75) is 78.5 Å². The molecule has 2 aliphatic rings. The monoisotopic (exact) mass is 499 g/mol. The van der Waals surface area contributed by atoms with Crippen molar-refractivity contribution in [2.24, 2.45) is 5.92 Å². The van der Waals surface area contributed by atoms with Gasteiger partial charge in [-0.15, -0.1) is 0 Å². The zero-order valence-electron chi connectivity index (χ0n) is 23.2.